The molecule has 23 heavy (non-hydrogen) atoms. The van der Waals surface area contributed by atoms with Gasteiger partial charge in [0, 0.05) is 9.99 Å². The fraction of sp³-hybridized carbons (Fsp3) is 0.176. The predicted octanol–water partition coefficient (Wildman–Crippen LogP) is 2.19. The first-order valence-electron chi connectivity index (χ1n) is 7.01. The van der Waals surface area contributed by atoms with E-state index in [0.29, 0.717) is 12.0 Å². The minimum absolute atomic E-state index is 0.00573. The van der Waals surface area contributed by atoms with Crippen molar-refractivity contribution in [1.82, 2.24) is 5.32 Å². The zero-order valence-electron chi connectivity index (χ0n) is 12.3. The summed E-state index contributed by atoms with van der Waals surface area (Å²) in [4.78, 5) is 23.6. The molecule has 0 fully saturated rings. The van der Waals surface area contributed by atoms with E-state index in [0.717, 1.165) is 9.13 Å². The summed E-state index contributed by atoms with van der Waals surface area (Å²) in [6, 6.07) is 12.6. The Morgan fingerprint density at radius 3 is 2.43 bits per heavy atom. The van der Waals surface area contributed by atoms with Crippen molar-refractivity contribution in [2.45, 2.75) is 18.9 Å². The molecule has 3 N–H and O–H groups in total. The lowest BCUT2D eigenvalue weighted by molar-refractivity contribution is -0.127. The Hall–Kier alpha value is -1.96. The van der Waals surface area contributed by atoms with E-state index in [1.807, 2.05) is 24.3 Å². The van der Waals surface area contributed by atoms with Gasteiger partial charge in [-0.15, -0.1) is 0 Å². The van der Waals surface area contributed by atoms with E-state index in [4.69, 9.17) is 5.73 Å². The van der Waals surface area contributed by atoms with Crippen molar-refractivity contribution in [2.75, 3.05) is 0 Å². The molecule has 2 rings (SSSR count). The van der Waals surface area contributed by atoms with Crippen LogP contribution in [0.25, 0.3) is 0 Å². The van der Waals surface area contributed by atoms with Gasteiger partial charge in [0.05, 0.1) is 6.42 Å². The largest absolute Gasteiger partial charge is 0.368 e. The fourth-order valence-corrected chi connectivity index (χ4v) is 2.52. The summed E-state index contributed by atoms with van der Waals surface area (Å²) in [6.45, 7) is 0. The number of carbonyl (C=O) groups excluding carboxylic acids is 2. The second-order valence-electron chi connectivity index (χ2n) is 5.16. The molecule has 0 saturated carbocycles. The summed E-state index contributed by atoms with van der Waals surface area (Å²) < 4.78 is 14.2. The Kier molecular flexibility index (Phi) is 6.09. The Bertz CT molecular complexity index is 704. The van der Waals surface area contributed by atoms with Crippen LogP contribution in [0, 0.1) is 9.39 Å². The number of halogens is 2. The van der Waals surface area contributed by atoms with Crippen LogP contribution >= 0.6 is 22.6 Å². The normalized spacial score (nSPS) is 11.7. The number of nitrogens with two attached hydrogens (primary N) is 1. The monoisotopic (exact) mass is 426 g/mol. The van der Waals surface area contributed by atoms with Gasteiger partial charge in [-0.3, -0.25) is 9.59 Å². The van der Waals surface area contributed by atoms with Crippen LogP contribution in [0.15, 0.2) is 48.5 Å². The predicted molar refractivity (Wildman–Crippen MR) is 94.1 cm³/mol. The van der Waals surface area contributed by atoms with Crippen LogP contribution in [0.5, 0.6) is 0 Å². The van der Waals surface area contributed by atoms with Crippen LogP contribution < -0.4 is 11.1 Å². The third-order valence-corrected chi connectivity index (χ3v) is 4.00. The molecule has 0 spiro atoms. The molecule has 0 saturated heterocycles. The van der Waals surface area contributed by atoms with Gasteiger partial charge in [0.25, 0.3) is 0 Å². The molecule has 2 amide bonds. The summed E-state index contributed by atoms with van der Waals surface area (Å²) in [5.41, 5.74) is 6.81. The number of rotatable bonds is 6. The van der Waals surface area contributed by atoms with Crippen molar-refractivity contribution in [3.8, 4) is 0 Å². The van der Waals surface area contributed by atoms with E-state index in [9.17, 15) is 14.0 Å². The fourth-order valence-electron chi connectivity index (χ4n) is 2.16. The van der Waals surface area contributed by atoms with Crippen LogP contribution in [-0.2, 0) is 22.4 Å². The van der Waals surface area contributed by atoms with E-state index in [1.165, 1.54) is 18.2 Å². The molecule has 0 aromatic heterocycles. The summed E-state index contributed by atoms with van der Waals surface area (Å²) in [7, 11) is 0. The third kappa shape index (κ3) is 5.63. The number of amides is 2. The first kappa shape index (κ1) is 17.4. The lowest BCUT2D eigenvalue weighted by Crippen LogP contribution is -2.46. The molecule has 120 valence electrons. The molecule has 0 aliphatic rings. The quantitative estimate of drug-likeness (QED) is 0.696. The number of benzene rings is 2. The number of hydrogen-bond acceptors (Lipinski definition) is 2. The Morgan fingerprint density at radius 2 is 1.83 bits per heavy atom. The number of primary amides is 1. The topological polar surface area (TPSA) is 72.2 Å². The number of carbonyl (C=O) groups is 2. The molecule has 0 radical (unpaired) electrons. The van der Waals surface area contributed by atoms with Gasteiger partial charge in [-0.1, -0.05) is 24.3 Å². The van der Waals surface area contributed by atoms with Crippen molar-refractivity contribution in [1.29, 1.82) is 0 Å². The number of nitrogens with one attached hydrogen (secondary N) is 1. The molecule has 0 bridgehead atoms. The van der Waals surface area contributed by atoms with Crippen LogP contribution in [-0.4, -0.2) is 17.9 Å². The second-order valence-corrected chi connectivity index (χ2v) is 6.41. The maximum absolute atomic E-state index is 13.1. The van der Waals surface area contributed by atoms with Crippen LogP contribution in [0.1, 0.15) is 11.1 Å². The smallest absolute Gasteiger partial charge is 0.240 e. The van der Waals surface area contributed by atoms with E-state index in [2.05, 4.69) is 27.9 Å². The standard InChI is InChI=1S/C17H16FIN2O2/c18-13-3-1-2-12(8-13)10-16(22)21-15(17(20)23)9-11-4-6-14(19)7-5-11/h1-8,15H,9-10H2,(H2,20,23)(H,21,22)/t15-/m1/s1. The maximum Gasteiger partial charge on any atom is 0.240 e. The highest BCUT2D eigenvalue weighted by molar-refractivity contribution is 14.1. The Labute approximate surface area is 147 Å². The van der Waals surface area contributed by atoms with Crippen LogP contribution in [0.2, 0.25) is 0 Å². The minimum Gasteiger partial charge on any atom is -0.368 e. The molecule has 0 unspecified atom stereocenters. The minimum atomic E-state index is -0.795. The lowest BCUT2D eigenvalue weighted by atomic mass is 10.0. The van der Waals surface area contributed by atoms with Crippen LogP contribution in [0.4, 0.5) is 4.39 Å². The average molecular weight is 426 g/mol. The number of hydrogen-bond donors (Lipinski definition) is 2. The van der Waals surface area contributed by atoms with Crippen LogP contribution in [0.3, 0.4) is 0 Å². The van der Waals surface area contributed by atoms with Gasteiger partial charge < -0.3 is 11.1 Å². The highest BCUT2D eigenvalue weighted by Crippen LogP contribution is 2.09. The van der Waals surface area contributed by atoms with Gasteiger partial charge >= 0.3 is 0 Å². The maximum atomic E-state index is 13.1. The molecule has 0 aliphatic heterocycles. The zero-order valence-corrected chi connectivity index (χ0v) is 14.4. The van der Waals surface area contributed by atoms with Crippen molar-refractivity contribution < 1.29 is 14.0 Å². The van der Waals surface area contributed by atoms with Gasteiger partial charge in [-0.05, 0) is 58.0 Å². The Balaban J connectivity index is 1.99. The second kappa shape index (κ2) is 8.05. The molecule has 1 atom stereocenters. The summed E-state index contributed by atoms with van der Waals surface area (Å²) in [5, 5.41) is 2.61. The molecule has 4 nitrogen and oxygen atoms in total. The van der Waals surface area contributed by atoms with E-state index in [1.54, 1.807) is 6.07 Å². The van der Waals surface area contributed by atoms with Crippen molar-refractivity contribution >= 4 is 34.4 Å². The van der Waals surface area contributed by atoms with Crippen molar-refractivity contribution in [2.24, 2.45) is 5.73 Å². The highest BCUT2D eigenvalue weighted by Gasteiger charge is 2.18. The van der Waals surface area contributed by atoms with Gasteiger partial charge in [0.2, 0.25) is 11.8 Å². The van der Waals surface area contributed by atoms with Crippen molar-refractivity contribution in [3.63, 3.8) is 0 Å². The zero-order chi connectivity index (χ0) is 16.8. The third-order valence-electron chi connectivity index (χ3n) is 3.29. The molecule has 0 aliphatic carbocycles. The molecule has 0 heterocycles. The van der Waals surface area contributed by atoms with E-state index >= 15 is 0 Å². The average Bonchev–Trinajstić information content (AvgIpc) is 2.48. The molecular formula is C17H16FIN2O2. The van der Waals surface area contributed by atoms with Crippen molar-refractivity contribution in [3.05, 3.63) is 69.0 Å². The van der Waals surface area contributed by atoms with Gasteiger partial charge in [-0.25, -0.2) is 4.39 Å². The lowest BCUT2D eigenvalue weighted by Gasteiger charge is -2.16. The molecule has 2 aromatic carbocycles. The first-order chi connectivity index (χ1) is 10.9. The van der Waals surface area contributed by atoms with Gasteiger partial charge in [0.15, 0.2) is 0 Å². The van der Waals surface area contributed by atoms with Gasteiger partial charge in [-0.2, -0.15) is 0 Å². The van der Waals surface area contributed by atoms with E-state index < -0.39 is 17.8 Å². The molecular weight excluding hydrogens is 410 g/mol. The van der Waals surface area contributed by atoms with E-state index in [-0.39, 0.29) is 12.3 Å². The van der Waals surface area contributed by atoms with Gasteiger partial charge in [0.1, 0.15) is 11.9 Å². The first-order valence-corrected chi connectivity index (χ1v) is 8.09. The SMILES string of the molecule is NC(=O)[C@@H](Cc1ccc(I)cc1)NC(=O)Cc1cccc(F)c1. The molecule has 2 aromatic rings. The Morgan fingerprint density at radius 1 is 1.13 bits per heavy atom. The molecule has 6 heteroatoms. The summed E-state index contributed by atoms with van der Waals surface area (Å²) >= 11 is 2.19. The summed E-state index contributed by atoms with van der Waals surface area (Å²) in [6.07, 6.45) is 0.315. The highest BCUT2D eigenvalue weighted by atomic mass is 127. The summed E-state index contributed by atoms with van der Waals surface area (Å²) in [5.74, 6) is -1.37.